The maximum atomic E-state index is 10.9. The molecule has 1 aliphatic carbocycles. The molecule has 7 heteroatoms. The molecule has 1 heterocycles. The normalized spacial score (nSPS) is 23.9. The van der Waals surface area contributed by atoms with Gasteiger partial charge in [0.2, 0.25) is 12.1 Å². The summed E-state index contributed by atoms with van der Waals surface area (Å²) < 4.78 is 1.67. The van der Waals surface area contributed by atoms with Gasteiger partial charge in [-0.2, -0.15) is 0 Å². The van der Waals surface area contributed by atoms with Crippen molar-refractivity contribution >= 4 is 11.6 Å². The second-order valence-corrected chi connectivity index (χ2v) is 4.77. The summed E-state index contributed by atoms with van der Waals surface area (Å²) in [6.45, 7) is 0. The van der Waals surface area contributed by atoms with Crippen molar-refractivity contribution in [3.05, 3.63) is 16.4 Å². The Morgan fingerprint density at radius 3 is 2.56 bits per heavy atom. The van der Waals surface area contributed by atoms with Gasteiger partial charge in [-0.15, -0.1) is 0 Å². The van der Waals surface area contributed by atoms with E-state index in [0.717, 1.165) is 25.7 Å². The molecule has 0 atom stereocenters. The van der Waals surface area contributed by atoms with E-state index in [1.807, 2.05) is 7.05 Å². The van der Waals surface area contributed by atoms with Crippen molar-refractivity contribution < 1.29 is 4.92 Å². The fourth-order valence-electron chi connectivity index (χ4n) is 2.44. The molecule has 0 radical (unpaired) electrons. The van der Waals surface area contributed by atoms with Crippen LogP contribution in [0.3, 0.4) is 0 Å². The van der Waals surface area contributed by atoms with Crippen LogP contribution in [0.1, 0.15) is 25.7 Å². The fraction of sp³-hybridized carbons (Fsp3) is 0.727. The number of aryl methyl sites for hydroxylation is 1. The summed E-state index contributed by atoms with van der Waals surface area (Å²) in [6.07, 6.45) is 5.71. The molecule has 1 aromatic heterocycles. The van der Waals surface area contributed by atoms with E-state index in [0.29, 0.717) is 17.9 Å². The van der Waals surface area contributed by atoms with Gasteiger partial charge in [0, 0.05) is 19.1 Å². The van der Waals surface area contributed by atoms with E-state index < -0.39 is 4.92 Å². The van der Waals surface area contributed by atoms with Gasteiger partial charge in [0.15, 0.2) is 0 Å². The highest BCUT2D eigenvalue weighted by atomic mass is 16.6. The number of rotatable bonds is 4. The van der Waals surface area contributed by atoms with Gasteiger partial charge < -0.3 is 20.7 Å². The van der Waals surface area contributed by atoms with Gasteiger partial charge in [0.05, 0.1) is 0 Å². The maximum Gasteiger partial charge on any atom is 0.406 e. The Morgan fingerprint density at radius 1 is 1.39 bits per heavy atom. The molecule has 0 amide bonds. The average Bonchev–Trinajstić information content (AvgIpc) is 2.72. The predicted octanol–water partition coefficient (Wildman–Crippen LogP) is 1.27. The minimum atomic E-state index is -0.443. The van der Waals surface area contributed by atoms with Crippen molar-refractivity contribution in [2.24, 2.45) is 7.05 Å². The van der Waals surface area contributed by atoms with Gasteiger partial charge in [0.25, 0.3) is 0 Å². The Bertz CT molecular complexity index is 423. The lowest BCUT2D eigenvalue weighted by Gasteiger charge is -2.29. The molecule has 2 rings (SSSR count). The van der Waals surface area contributed by atoms with E-state index in [4.69, 9.17) is 0 Å². The van der Waals surface area contributed by atoms with Crippen LogP contribution in [0.15, 0.2) is 6.33 Å². The van der Waals surface area contributed by atoms with E-state index in [-0.39, 0.29) is 5.82 Å². The monoisotopic (exact) mass is 253 g/mol. The molecule has 1 fully saturated rings. The molecule has 7 nitrogen and oxygen atoms in total. The number of nitrogens with zero attached hydrogens (tertiary/aromatic N) is 3. The summed E-state index contributed by atoms with van der Waals surface area (Å²) in [6, 6.07) is 0.869. The molecular weight excluding hydrogens is 234 g/mol. The topological polar surface area (TPSA) is 85.0 Å². The summed E-state index contributed by atoms with van der Waals surface area (Å²) in [5.74, 6) is 0.418. The van der Waals surface area contributed by atoms with E-state index in [9.17, 15) is 10.1 Å². The molecule has 2 N–H and O–H groups in total. The summed E-state index contributed by atoms with van der Waals surface area (Å²) in [5, 5.41) is 17.4. The minimum absolute atomic E-state index is 0.0896. The molecule has 1 aliphatic rings. The number of hydrogen-bond acceptors (Lipinski definition) is 5. The Labute approximate surface area is 106 Å². The first kappa shape index (κ1) is 12.8. The van der Waals surface area contributed by atoms with Crippen LogP contribution in [0.4, 0.5) is 11.6 Å². The van der Waals surface area contributed by atoms with Crippen LogP contribution in [0.2, 0.25) is 0 Å². The lowest BCUT2D eigenvalue weighted by molar-refractivity contribution is -0.388. The molecule has 100 valence electrons. The zero-order valence-corrected chi connectivity index (χ0v) is 10.7. The van der Waals surface area contributed by atoms with Crippen LogP contribution in [0.25, 0.3) is 0 Å². The van der Waals surface area contributed by atoms with Gasteiger partial charge in [-0.25, -0.2) is 0 Å². The second-order valence-electron chi connectivity index (χ2n) is 4.77. The SMILES string of the molecule is CNC1CCC(Nc2c([N+](=O)[O-])ncn2C)CC1. The molecule has 0 bridgehead atoms. The molecule has 1 aromatic rings. The van der Waals surface area contributed by atoms with Crippen LogP contribution in [0.5, 0.6) is 0 Å². The van der Waals surface area contributed by atoms with E-state index in [2.05, 4.69) is 15.6 Å². The Hall–Kier alpha value is -1.63. The molecule has 18 heavy (non-hydrogen) atoms. The standard InChI is InChI=1S/C11H19N5O2/c1-12-8-3-5-9(6-4-8)14-11-10(16(17)18)13-7-15(11)2/h7-9,12,14H,3-6H2,1-2H3. The number of hydrogen-bond donors (Lipinski definition) is 2. The molecular formula is C11H19N5O2. The van der Waals surface area contributed by atoms with E-state index in [1.165, 1.54) is 6.33 Å². The van der Waals surface area contributed by atoms with Crippen molar-refractivity contribution in [3.8, 4) is 0 Å². The average molecular weight is 253 g/mol. The van der Waals surface area contributed by atoms with Gasteiger partial charge in [-0.1, -0.05) is 0 Å². The van der Waals surface area contributed by atoms with Gasteiger partial charge in [-0.05, 0) is 42.6 Å². The highest BCUT2D eigenvalue weighted by molar-refractivity contribution is 5.52. The van der Waals surface area contributed by atoms with Crippen LogP contribution in [-0.2, 0) is 7.05 Å². The Kier molecular flexibility index (Phi) is 3.81. The summed E-state index contributed by atoms with van der Waals surface area (Å²) in [7, 11) is 3.74. The number of imidazole rings is 1. The largest absolute Gasteiger partial charge is 0.406 e. The third-order valence-corrected chi connectivity index (χ3v) is 3.57. The molecule has 0 saturated heterocycles. The zero-order chi connectivity index (χ0) is 13.1. The van der Waals surface area contributed by atoms with E-state index >= 15 is 0 Å². The number of anilines is 1. The lowest BCUT2D eigenvalue weighted by atomic mass is 9.91. The Morgan fingerprint density at radius 2 is 2.00 bits per heavy atom. The van der Waals surface area contributed by atoms with E-state index in [1.54, 1.807) is 11.6 Å². The first-order valence-electron chi connectivity index (χ1n) is 6.21. The van der Waals surface area contributed by atoms with Crippen molar-refractivity contribution in [2.45, 2.75) is 37.8 Å². The maximum absolute atomic E-state index is 10.9. The summed E-state index contributed by atoms with van der Waals surface area (Å²) in [5.41, 5.74) is 0. The zero-order valence-electron chi connectivity index (χ0n) is 10.7. The fourth-order valence-corrected chi connectivity index (χ4v) is 2.44. The quantitative estimate of drug-likeness (QED) is 0.623. The molecule has 0 aromatic carbocycles. The number of nitrogens with one attached hydrogen (secondary N) is 2. The number of aromatic nitrogens is 2. The third kappa shape index (κ3) is 2.61. The van der Waals surface area contributed by atoms with Gasteiger partial charge in [-0.3, -0.25) is 4.57 Å². The highest BCUT2D eigenvalue weighted by Crippen LogP contribution is 2.26. The molecule has 0 unspecified atom stereocenters. The minimum Gasteiger partial charge on any atom is -0.362 e. The predicted molar refractivity (Wildman–Crippen MR) is 68.6 cm³/mol. The first-order chi connectivity index (χ1) is 8.61. The van der Waals surface area contributed by atoms with Crippen LogP contribution >= 0.6 is 0 Å². The lowest BCUT2D eigenvalue weighted by Crippen LogP contribution is -2.35. The van der Waals surface area contributed by atoms with Crippen molar-refractivity contribution in [1.82, 2.24) is 14.9 Å². The molecule has 0 aliphatic heterocycles. The van der Waals surface area contributed by atoms with Gasteiger partial charge in [0.1, 0.15) is 0 Å². The Balaban J connectivity index is 2.02. The van der Waals surface area contributed by atoms with Gasteiger partial charge >= 0.3 is 5.82 Å². The second kappa shape index (κ2) is 5.34. The number of nitro groups is 1. The van der Waals surface area contributed by atoms with Crippen LogP contribution < -0.4 is 10.6 Å². The van der Waals surface area contributed by atoms with Crippen molar-refractivity contribution in [3.63, 3.8) is 0 Å². The van der Waals surface area contributed by atoms with Crippen molar-refractivity contribution in [1.29, 1.82) is 0 Å². The van der Waals surface area contributed by atoms with Crippen molar-refractivity contribution in [2.75, 3.05) is 12.4 Å². The summed E-state index contributed by atoms with van der Waals surface area (Å²) >= 11 is 0. The summed E-state index contributed by atoms with van der Waals surface area (Å²) in [4.78, 5) is 14.2. The molecule has 0 spiro atoms. The molecule has 1 saturated carbocycles. The highest BCUT2D eigenvalue weighted by Gasteiger charge is 2.25. The van der Waals surface area contributed by atoms with Crippen LogP contribution in [0, 0.1) is 10.1 Å². The third-order valence-electron chi connectivity index (χ3n) is 3.57. The van der Waals surface area contributed by atoms with Crippen LogP contribution in [-0.4, -0.2) is 33.6 Å². The smallest absolute Gasteiger partial charge is 0.362 e. The first-order valence-corrected chi connectivity index (χ1v) is 6.21.